The Bertz CT molecular complexity index is 546. The summed E-state index contributed by atoms with van der Waals surface area (Å²) in [5.74, 6) is 1.37. The van der Waals surface area contributed by atoms with Crippen molar-refractivity contribution in [1.82, 2.24) is 15.3 Å². The third-order valence-electron chi connectivity index (χ3n) is 3.44. The van der Waals surface area contributed by atoms with Gasteiger partial charge in [-0.25, -0.2) is 9.97 Å². The Morgan fingerprint density at radius 3 is 2.25 bits per heavy atom. The second-order valence-electron chi connectivity index (χ2n) is 5.34. The highest BCUT2D eigenvalue weighted by molar-refractivity contribution is 5.31. The summed E-state index contributed by atoms with van der Waals surface area (Å²) in [5.41, 5.74) is 3.63. The number of hydrogen-bond donors (Lipinski definition) is 1. The van der Waals surface area contributed by atoms with Crippen molar-refractivity contribution in [2.75, 3.05) is 6.54 Å². The molecule has 0 saturated heterocycles. The average Bonchev–Trinajstić information content (AvgIpc) is 2.45. The van der Waals surface area contributed by atoms with Crippen LogP contribution in [-0.2, 0) is 0 Å². The van der Waals surface area contributed by atoms with Crippen LogP contribution in [0.25, 0.3) is 0 Å². The van der Waals surface area contributed by atoms with Crippen LogP contribution in [0.2, 0.25) is 0 Å². The first-order valence-electron chi connectivity index (χ1n) is 7.24. The maximum absolute atomic E-state index is 4.55. The van der Waals surface area contributed by atoms with Gasteiger partial charge in [-0.1, -0.05) is 45.0 Å². The molecule has 0 fully saturated rings. The summed E-state index contributed by atoms with van der Waals surface area (Å²) in [4.78, 5) is 8.73. The third-order valence-corrected chi connectivity index (χ3v) is 3.44. The smallest absolute Gasteiger partial charge is 0.125 e. The zero-order chi connectivity index (χ0) is 14.5. The normalized spacial score (nSPS) is 12.7. The summed E-state index contributed by atoms with van der Waals surface area (Å²) >= 11 is 0. The second kappa shape index (κ2) is 6.62. The van der Waals surface area contributed by atoms with Gasteiger partial charge in [-0.2, -0.15) is 0 Å². The largest absolute Gasteiger partial charge is 0.305 e. The zero-order valence-corrected chi connectivity index (χ0v) is 12.7. The first-order chi connectivity index (χ1) is 9.61. The van der Waals surface area contributed by atoms with Gasteiger partial charge in [0.2, 0.25) is 0 Å². The highest BCUT2D eigenvalue weighted by Gasteiger charge is 2.14. The Morgan fingerprint density at radius 2 is 1.70 bits per heavy atom. The molecule has 1 N–H and O–H groups in total. The number of aromatic nitrogens is 2. The van der Waals surface area contributed by atoms with E-state index in [1.165, 1.54) is 11.1 Å². The Kier molecular flexibility index (Phi) is 4.85. The number of nitrogens with zero attached hydrogens (tertiary/aromatic N) is 2. The van der Waals surface area contributed by atoms with Gasteiger partial charge in [0.25, 0.3) is 0 Å². The van der Waals surface area contributed by atoms with Gasteiger partial charge in [0.1, 0.15) is 5.82 Å². The molecule has 2 aromatic rings. The van der Waals surface area contributed by atoms with E-state index in [1.807, 2.05) is 19.2 Å². The summed E-state index contributed by atoms with van der Waals surface area (Å²) in [7, 11) is 0. The van der Waals surface area contributed by atoms with E-state index in [-0.39, 0.29) is 6.04 Å². The fraction of sp³-hybridized carbons (Fsp3) is 0.412. The SMILES string of the molecule is CCNC(c1ccc(C(C)C)cc1)c1ccnc(C)n1. The summed E-state index contributed by atoms with van der Waals surface area (Å²) in [5, 5.41) is 3.50. The van der Waals surface area contributed by atoms with Crippen LogP contribution in [0.1, 0.15) is 55.4 Å². The molecule has 3 heteroatoms. The molecule has 1 aromatic heterocycles. The fourth-order valence-electron chi connectivity index (χ4n) is 2.31. The van der Waals surface area contributed by atoms with Gasteiger partial charge in [0.05, 0.1) is 11.7 Å². The highest BCUT2D eigenvalue weighted by Crippen LogP contribution is 2.23. The molecule has 0 bridgehead atoms. The molecule has 0 radical (unpaired) electrons. The van der Waals surface area contributed by atoms with Gasteiger partial charge >= 0.3 is 0 Å². The molecular formula is C17H23N3. The lowest BCUT2D eigenvalue weighted by Gasteiger charge is -2.19. The van der Waals surface area contributed by atoms with Crippen molar-refractivity contribution in [3.63, 3.8) is 0 Å². The first kappa shape index (κ1) is 14.7. The predicted molar refractivity (Wildman–Crippen MR) is 82.8 cm³/mol. The summed E-state index contributed by atoms with van der Waals surface area (Å²) in [6, 6.07) is 10.9. The van der Waals surface area contributed by atoms with Gasteiger partial charge in [0, 0.05) is 6.20 Å². The average molecular weight is 269 g/mol. The highest BCUT2D eigenvalue weighted by atomic mass is 15.0. The molecular weight excluding hydrogens is 246 g/mol. The van der Waals surface area contributed by atoms with E-state index in [4.69, 9.17) is 0 Å². The molecule has 0 amide bonds. The van der Waals surface area contributed by atoms with Gasteiger partial charge in [-0.15, -0.1) is 0 Å². The van der Waals surface area contributed by atoms with Crippen molar-refractivity contribution in [1.29, 1.82) is 0 Å². The van der Waals surface area contributed by atoms with Crippen LogP contribution in [-0.4, -0.2) is 16.5 Å². The Hall–Kier alpha value is -1.74. The first-order valence-corrected chi connectivity index (χ1v) is 7.24. The predicted octanol–water partition coefficient (Wildman–Crippen LogP) is 3.61. The summed E-state index contributed by atoms with van der Waals surface area (Å²) in [6.45, 7) is 9.37. The summed E-state index contributed by atoms with van der Waals surface area (Å²) in [6.07, 6.45) is 1.82. The third kappa shape index (κ3) is 3.42. The quantitative estimate of drug-likeness (QED) is 0.901. The number of benzene rings is 1. The van der Waals surface area contributed by atoms with Crippen molar-refractivity contribution >= 4 is 0 Å². The number of aryl methyl sites for hydroxylation is 1. The van der Waals surface area contributed by atoms with Crippen molar-refractivity contribution in [3.8, 4) is 0 Å². The molecule has 0 aliphatic heterocycles. The minimum atomic E-state index is 0.128. The standard InChI is InChI=1S/C17H23N3/c1-5-18-17(16-10-11-19-13(4)20-16)15-8-6-14(7-9-15)12(2)3/h6-12,17-18H,5H2,1-4H3. The van der Waals surface area contributed by atoms with E-state index in [9.17, 15) is 0 Å². The maximum atomic E-state index is 4.55. The fourth-order valence-corrected chi connectivity index (χ4v) is 2.31. The Labute approximate surface area is 121 Å². The number of rotatable bonds is 5. The number of hydrogen-bond acceptors (Lipinski definition) is 3. The lowest BCUT2D eigenvalue weighted by Crippen LogP contribution is -2.23. The molecule has 1 heterocycles. The minimum absolute atomic E-state index is 0.128. The van der Waals surface area contributed by atoms with Crippen LogP contribution in [0.4, 0.5) is 0 Å². The summed E-state index contributed by atoms with van der Waals surface area (Å²) < 4.78 is 0. The van der Waals surface area contributed by atoms with Crippen LogP contribution in [0.5, 0.6) is 0 Å². The lowest BCUT2D eigenvalue weighted by molar-refractivity contribution is 0.611. The molecule has 1 aromatic carbocycles. The maximum Gasteiger partial charge on any atom is 0.125 e. The van der Waals surface area contributed by atoms with Crippen molar-refractivity contribution in [2.24, 2.45) is 0 Å². The van der Waals surface area contributed by atoms with Gasteiger partial charge in [-0.05, 0) is 36.6 Å². The Balaban J connectivity index is 2.33. The topological polar surface area (TPSA) is 37.8 Å². The molecule has 106 valence electrons. The monoisotopic (exact) mass is 269 g/mol. The molecule has 1 unspecified atom stereocenters. The van der Waals surface area contributed by atoms with Crippen LogP contribution in [0.15, 0.2) is 36.5 Å². The van der Waals surface area contributed by atoms with Crippen LogP contribution in [0, 0.1) is 6.92 Å². The van der Waals surface area contributed by atoms with E-state index in [1.54, 1.807) is 0 Å². The number of nitrogens with one attached hydrogen (secondary N) is 1. The molecule has 3 nitrogen and oxygen atoms in total. The van der Waals surface area contributed by atoms with Crippen molar-refractivity contribution in [3.05, 3.63) is 59.2 Å². The van der Waals surface area contributed by atoms with Gasteiger partial charge in [-0.3, -0.25) is 0 Å². The molecule has 0 spiro atoms. The van der Waals surface area contributed by atoms with E-state index in [0.29, 0.717) is 5.92 Å². The molecule has 0 aliphatic rings. The zero-order valence-electron chi connectivity index (χ0n) is 12.7. The second-order valence-corrected chi connectivity index (χ2v) is 5.34. The van der Waals surface area contributed by atoms with E-state index in [0.717, 1.165) is 18.1 Å². The van der Waals surface area contributed by atoms with Gasteiger partial charge < -0.3 is 5.32 Å². The van der Waals surface area contributed by atoms with E-state index in [2.05, 4.69) is 60.3 Å². The van der Waals surface area contributed by atoms with Crippen molar-refractivity contribution < 1.29 is 0 Å². The van der Waals surface area contributed by atoms with Crippen molar-refractivity contribution in [2.45, 2.75) is 39.7 Å². The molecule has 0 aliphatic carbocycles. The lowest BCUT2D eigenvalue weighted by atomic mass is 9.97. The Morgan fingerprint density at radius 1 is 1.05 bits per heavy atom. The molecule has 20 heavy (non-hydrogen) atoms. The molecule has 0 saturated carbocycles. The molecule has 1 atom stereocenters. The van der Waals surface area contributed by atoms with Gasteiger partial charge in [0.15, 0.2) is 0 Å². The minimum Gasteiger partial charge on any atom is -0.305 e. The molecule has 2 rings (SSSR count). The van der Waals surface area contributed by atoms with Crippen LogP contribution >= 0.6 is 0 Å². The van der Waals surface area contributed by atoms with Crippen LogP contribution in [0.3, 0.4) is 0 Å². The van der Waals surface area contributed by atoms with E-state index >= 15 is 0 Å². The van der Waals surface area contributed by atoms with E-state index < -0.39 is 0 Å². The van der Waals surface area contributed by atoms with Crippen LogP contribution < -0.4 is 5.32 Å².